The highest BCUT2D eigenvalue weighted by molar-refractivity contribution is 5.36. The molecule has 0 saturated carbocycles. The Balaban J connectivity index is 4.26. The molecule has 0 aliphatic rings. The number of hydrogen-bond donors (Lipinski definition) is 0. The summed E-state index contributed by atoms with van der Waals surface area (Å²) in [7, 11) is 0. The molecule has 0 heterocycles. The summed E-state index contributed by atoms with van der Waals surface area (Å²) in [6.45, 7) is 3.57. The zero-order valence-electron chi connectivity index (χ0n) is 6.22. The average molecular weight is 138 g/mol. The molecule has 3 nitrogen and oxygen atoms in total. The van der Waals surface area contributed by atoms with Crippen molar-refractivity contribution in [1.82, 2.24) is 0 Å². The van der Waals surface area contributed by atoms with Gasteiger partial charge in [0, 0.05) is 0 Å². The van der Waals surface area contributed by atoms with Crippen LogP contribution >= 0.6 is 0 Å². The van der Waals surface area contributed by atoms with E-state index in [9.17, 15) is 4.79 Å². The fourth-order valence-corrected chi connectivity index (χ4v) is 0.724. The molecule has 0 amide bonds. The number of rotatable bonds is 3. The third kappa shape index (κ3) is 2.43. The van der Waals surface area contributed by atoms with Crippen molar-refractivity contribution in [2.75, 3.05) is 0 Å². The van der Waals surface area contributed by atoms with Crippen LogP contribution in [-0.4, -0.2) is 11.6 Å². The van der Waals surface area contributed by atoms with Crippen molar-refractivity contribution in [2.24, 2.45) is 4.99 Å². The summed E-state index contributed by atoms with van der Waals surface area (Å²) in [6.07, 6.45) is 2.85. The maximum atomic E-state index is 9.81. The topological polar surface area (TPSA) is 53.2 Å². The van der Waals surface area contributed by atoms with E-state index in [0.29, 0.717) is 6.42 Å². The molecule has 0 N–H and O–H groups in total. The number of isocyanates is 1. The number of nitriles is 1. The van der Waals surface area contributed by atoms with Gasteiger partial charge in [0.05, 0.1) is 6.07 Å². The highest BCUT2D eigenvalue weighted by Crippen LogP contribution is 2.14. The molecule has 0 fully saturated rings. The molecule has 3 heteroatoms. The maximum absolute atomic E-state index is 9.81. The van der Waals surface area contributed by atoms with E-state index in [4.69, 9.17) is 5.26 Å². The van der Waals surface area contributed by atoms with Crippen LogP contribution in [0.2, 0.25) is 0 Å². The minimum atomic E-state index is -0.851. The Morgan fingerprint density at radius 2 is 2.30 bits per heavy atom. The van der Waals surface area contributed by atoms with Gasteiger partial charge in [-0.3, -0.25) is 0 Å². The highest BCUT2D eigenvalue weighted by Gasteiger charge is 2.20. The fourth-order valence-electron chi connectivity index (χ4n) is 0.724. The molecule has 0 rings (SSSR count). The lowest BCUT2D eigenvalue weighted by Crippen LogP contribution is -2.17. The third-order valence-electron chi connectivity index (χ3n) is 1.27. The van der Waals surface area contributed by atoms with E-state index in [-0.39, 0.29) is 0 Å². The predicted molar refractivity (Wildman–Crippen MR) is 37.0 cm³/mol. The van der Waals surface area contributed by atoms with Gasteiger partial charge in [-0.2, -0.15) is 10.3 Å². The van der Waals surface area contributed by atoms with Gasteiger partial charge in [-0.15, -0.1) is 0 Å². The van der Waals surface area contributed by atoms with Crippen molar-refractivity contribution in [3.8, 4) is 6.07 Å². The van der Waals surface area contributed by atoms with Crippen LogP contribution in [0.1, 0.15) is 26.7 Å². The molecule has 1 unspecified atom stereocenters. The quantitative estimate of drug-likeness (QED) is 0.437. The lowest BCUT2D eigenvalue weighted by molar-refractivity contribution is 0.517. The van der Waals surface area contributed by atoms with Gasteiger partial charge in [-0.25, -0.2) is 4.79 Å². The van der Waals surface area contributed by atoms with Crippen LogP contribution in [0.15, 0.2) is 4.99 Å². The standard InChI is InChI=1S/C7H10N2O/c1-3-4-7(2,5-8)9-6-10/h3-4H2,1-2H3. The summed E-state index contributed by atoms with van der Waals surface area (Å²) in [6, 6.07) is 1.95. The van der Waals surface area contributed by atoms with Gasteiger partial charge in [0.25, 0.3) is 0 Å². The fraction of sp³-hybridized carbons (Fsp3) is 0.714. The van der Waals surface area contributed by atoms with Crippen LogP contribution in [0, 0.1) is 11.3 Å². The van der Waals surface area contributed by atoms with Gasteiger partial charge >= 0.3 is 0 Å². The summed E-state index contributed by atoms with van der Waals surface area (Å²) >= 11 is 0. The van der Waals surface area contributed by atoms with Crippen LogP contribution in [-0.2, 0) is 4.79 Å². The Hall–Kier alpha value is -1.13. The lowest BCUT2D eigenvalue weighted by Gasteiger charge is -2.10. The Morgan fingerprint density at radius 1 is 1.70 bits per heavy atom. The first-order chi connectivity index (χ1) is 4.68. The summed E-state index contributed by atoms with van der Waals surface area (Å²) in [5.74, 6) is 0. The van der Waals surface area contributed by atoms with E-state index >= 15 is 0 Å². The normalized spacial score (nSPS) is 14.5. The number of nitrogens with zero attached hydrogens (tertiary/aromatic N) is 2. The lowest BCUT2D eigenvalue weighted by atomic mass is 10.00. The van der Waals surface area contributed by atoms with Crippen LogP contribution in [0.3, 0.4) is 0 Å². The van der Waals surface area contributed by atoms with Crippen LogP contribution in [0.5, 0.6) is 0 Å². The molecule has 0 aromatic carbocycles. The molecule has 0 aromatic heterocycles. The summed E-state index contributed by atoms with van der Waals surface area (Å²) in [5, 5.41) is 8.52. The first-order valence-electron chi connectivity index (χ1n) is 3.19. The monoisotopic (exact) mass is 138 g/mol. The molecular weight excluding hydrogens is 128 g/mol. The molecular formula is C7H10N2O. The van der Waals surface area contributed by atoms with Gasteiger partial charge in [-0.05, 0) is 13.3 Å². The minimum Gasteiger partial charge on any atom is -0.211 e. The molecule has 0 bridgehead atoms. The first-order valence-corrected chi connectivity index (χ1v) is 3.19. The van der Waals surface area contributed by atoms with Gasteiger partial charge in [0.1, 0.15) is 0 Å². The summed E-state index contributed by atoms with van der Waals surface area (Å²) in [4.78, 5) is 13.2. The Kier molecular flexibility index (Phi) is 3.38. The summed E-state index contributed by atoms with van der Waals surface area (Å²) < 4.78 is 0. The average Bonchev–Trinajstić information content (AvgIpc) is 1.89. The Morgan fingerprint density at radius 3 is 2.60 bits per heavy atom. The largest absolute Gasteiger partial charge is 0.236 e. The third-order valence-corrected chi connectivity index (χ3v) is 1.27. The molecule has 0 aromatic rings. The van der Waals surface area contributed by atoms with Crippen molar-refractivity contribution in [3.63, 3.8) is 0 Å². The molecule has 54 valence electrons. The molecule has 0 saturated heterocycles. The van der Waals surface area contributed by atoms with Gasteiger partial charge in [0.15, 0.2) is 5.54 Å². The molecule has 0 spiro atoms. The second kappa shape index (κ2) is 3.81. The Labute approximate surface area is 60.4 Å². The molecule has 10 heavy (non-hydrogen) atoms. The van der Waals surface area contributed by atoms with Gasteiger partial charge < -0.3 is 0 Å². The van der Waals surface area contributed by atoms with E-state index in [1.54, 1.807) is 6.92 Å². The van der Waals surface area contributed by atoms with Crippen molar-refractivity contribution >= 4 is 6.08 Å². The maximum Gasteiger partial charge on any atom is 0.236 e. The number of carbonyl (C=O) groups excluding carboxylic acids is 1. The van der Waals surface area contributed by atoms with Crippen LogP contribution < -0.4 is 0 Å². The molecule has 0 aliphatic carbocycles. The Bertz CT molecular complexity index is 188. The smallest absolute Gasteiger partial charge is 0.211 e. The van der Waals surface area contributed by atoms with E-state index in [2.05, 4.69) is 4.99 Å². The minimum absolute atomic E-state index is 0.610. The number of hydrogen-bond acceptors (Lipinski definition) is 3. The van der Waals surface area contributed by atoms with Crippen molar-refractivity contribution in [2.45, 2.75) is 32.2 Å². The van der Waals surface area contributed by atoms with Gasteiger partial charge in [-0.1, -0.05) is 13.3 Å². The zero-order chi connectivity index (χ0) is 8.04. The number of aliphatic imine (C=N–C) groups is 1. The van der Waals surface area contributed by atoms with Crippen molar-refractivity contribution in [3.05, 3.63) is 0 Å². The molecule has 0 aliphatic heterocycles. The van der Waals surface area contributed by atoms with Gasteiger partial charge in [0.2, 0.25) is 6.08 Å². The summed E-state index contributed by atoms with van der Waals surface area (Å²) in [5.41, 5.74) is -0.851. The molecule has 0 radical (unpaired) electrons. The van der Waals surface area contributed by atoms with Crippen molar-refractivity contribution < 1.29 is 4.79 Å². The van der Waals surface area contributed by atoms with Crippen molar-refractivity contribution in [1.29, 1.82) is 5.26 Å². The second-order valence-electron chi connectivity index (χ2n) is 2.34. The zero-order valence-corrected chi connectivity index (χ0v) is 6.22. The van der Waals surface area contributed by atoms with E-state index in [0.717, 1.165) is 6.42 Å². The first kappa shape index (κ1) is 8.87. The molecule has 1 atom stereocenters. The highest BCUT2D eigenvalue weighted by atomic mass is 16.1. The van der Waals surface area contributed by atoms with E-state index < -0.39 is 5.54 Å². The van der Waals surface area contributed by atoms with E-state index in [1.807, 2.05) is 13.0 Å². The SMILES string of the molecule is CCCC(C)(C#N)N=C=O. The van der Waals surface area contributed by atoms with E-state index in [1.165, 1.54) is 6.08 Å². The van der Waals surface area contributed by atoms with Crippen LogP contribution in [0.4, 0.5) is 0 Å². The van der Waals surface area contributed by atoms with Crippen LogP contribution in [0.25, 0.3) is 0 Å². The predicted octanol–water partition coefficient (Wildman–Crippen LogP) is 1.40. The second-order valence-corrected chi connectivity index (χ2v) is 2.34.